The van der Waals surface area contributed by atoms with Crippen molar-refractivity contribution < 1.29 is 42.4 Å². The highest BCUT2D eigenvalue weighted by Gasteiger charge is 2.41. The van der Waals surface area contributed by atoms with Crippen molar-refractivity contribution in [2.45, 2.75) is 19.1 Å². The van der Waals surface area contributed by atoms with Crippen LogP contribution in [0.2, 0.25) is 0 Å². The molecule has 4 N–H and O–H groups in total. The summed E-state index contributed by atoms with van der Waals surface area (Å²) in [4.78, 5) is 59.4. The molecule has 1 saturated heterocycles. The highest BCUT2D eigenvalue weighted by molar-refractivity contribution is 7.96. The molecular weight excluding hydrogens is 556 g/mol. The molecule has 2 aromatic rings. The Hall–Kier alpha value is -4.02. The molecule has 3 atom stereocenters. The largest absolute Gasteiger partial charge is 0.478 e. The zero-order chi connectivity index (χ0) is 28.9. The monoisotopic (exact) mass is 580 g/mol. The van der Waals surface area contributed by atoms with Gasteiger partial charge in [-0.15, -0.1) is 12.6 Å². The number of carboxylic acids is 1. The number of sulfonamides is 1. The van der Waals surface area contributed by atoms with Crippen molar-refractivity contribution in [2.75, 3.05) is 22.8 Å². The molecule has 0 bridgehead atoms. The highest BCUT2D eigenvalue weighted by Crippen LogP contribution is 2.28. The van der Waals surface area contributed by atoms with E-state index in [9.17, 15) is 42.8 Å². The molecule has 16 heteroatoms. The minimum atomic E-state index is -3.72. The molecule has 0 aromatic heterocycles. The van der Waals surface area contributed by atoms with Gasteiger partial charge in [0, 0.05) is 24.4 Å². The van der Waals surface area contributed by atoms with Crippen LogP contribution in [0.3, 0.4) is 0 Å². The zero-order valence-electron chi connectivity index (χ0n) is 20.3. The molecule has 14 nitrogen and oxygen atoms in total. The number of amides is 1. The van der Waals surface area contributed by atoms with Crippen LogP contribution in [-0.4, -0.2) is 60.3 Å². The number of carbonyl (C=O) groups excluding carboxylic acids is 3. The molecule has 1 amide bonds. The van der Waals surface area contributed by atoms with Gasteiger partial charge in [0.05, 0.1) is 28.5 Å². The van der Waals surface area contributed by atoms with Gasteiger partial charge in [0.15, 0.2) is 5.12 Å². The molecule has 1 aliphatic heterocycles. The molecule has 0 aliphatic carbocycles. The number of rotatable bonds is 11. The van der Waals surface area contributed by atoms with E-state index in [-0.39, 0.29) is 42.2 Å². The van der Waals surface area contributed by atoms with E-state index in [2.05, 4.69) is 28.0 Å². The number of benzene rings is 2. The number of thiol groups is 1. The van der Waals surface area contributed by atoms with Gasteiger partial charge in [-0.2, -0.15) is 0 Å². The summed E-state index contributed by atoms with van der Waals surface area (Å²) in [5, 5.41) is 24.7. The average Bonchev–Trinajstić information content (AvgIpc) is 3.31. The Morgan fingerprint density at radius 2 is 1.82 bits per heavy atom. The van der Waals surface area contributed by atoms with Crippen LogP contribution in [0.25, 0.3) is 0 Å². The van der Waals surface area contributed by atoms with Crippen LogP contribution in [0.5, 0.6) is 0 Å². The number of carbonyl (C=O) groups is 4. The molecule has 1 unspecified atom stereocenters. The third-order valence-corrected chi connectivity index (χ3v) is 6.64. The van der Waals surface area contributed by atoms with Gasteiger partial charge in [0.1, 0.15) is 12.5 Å². The molecule has 208 valence electrons. The number of aromatic carboxylic acids is 1. The maximum Gasteiger partial charge on any atom is 0.335 e. The second-order valence-corrected chi connectivity index (χ2v) is 11.0. The number of esters is 1. The molecular formula is C23H24N4O10S2. The molecule has 1 heterocycles. The van der Waals surface area contributed by atoms with Crippen LogP contribution < -0.4 is 15.4 Å². The van der Waals surface area contributed by atoms with Gasteiger partial charge in [0.25, 0.3) is 5.69 Å². The summed E-state index contributed by atoms with van der Waals surface area (Å²) in [5.74, 6) is -4.76. The Kier molecular flexibility index (Phi) is 9.26. The minimum Gasteiger partial charge on any atom is -0.478 e. The second-order valence-electron chi connectivity index (χ2n) is 8.77. The number of nitro groups is 1. The molecule has 0 radical (unpaired) electrons. The Labute approximate surface area is 227 Å². The first-order valence-electron chi connectivity index (χ1n) is 11.3. The number of carboxylic acid groups (broad SMARTS) is 1. The van der Waals surface area contributed by atoms with E-state index in [0.717, 1.165) is 18.4 Å². The van der Waals surface area contributed by atoms with Crippen molar-refractivity contribution in [3.8, 4) is 0 Å². The summed E-state index contributed by atoms with van der Waals surface area (Å²) in [6, 6.07) is 7.94. The lowest BCUT2D eigenvalue weighted by Crippen LogP contribution is -2.35. The quantitative estimate of drug-likeness (QED) is 0.0842. The summed E-state index contributed by atoms with van der Waals surface area (Å²) in [6.45, 7) is -0.139. The topological polar surface area (TPSA) is 211 Å². The van der Waals surface area contributed by atoms with Crippen molar-refractivity contribution in [3.63, 3.8) is 0 Å². The van der Waals surface area contributed by atoms with Gasteiger partial charge in [-0.05, 0) is 48.2 Å². The van der Waals surface area contributed by atoms with E-state index in [4.69, 9.17) is 4.74 Å². The molecule has 3 rings (SSSR count). The first-order valence-corrected chi connectivity index (χ1v) is 13.6. The maximum absolute atomic E-state index is 12.9. The number of hydrogen-bond acceptors (Lipinski definition) is 10. The molecule has 39 heavy (non-hydrogen) atoms. The van der Waals surface area contributed by atoms with Crippen LogP contribution in [0.15, 0.2) is 42.5 Å². The lowest BCUT2D eigenvalue weighted by atomic mass is 9.90. The molecule has 1 fully saturated rings. The number of nitrogens with zero attached hydrogens (tertiary/aromatic N) is 1. The number of non-ortho nitro benzene ring substituents is 1. The molecule has 1 aliphatic rings. The van der Waals surface area contributed by atoms with Crippen LogP contribution in [0.4, 0.5) is 17.1 Å². The number of nitro benzene ring substituents is 1. The van der Waals surface area contributed by atoms with Gasteiger partial charge in [-0.3, -0.25) is 29.2 Å². The summed E-state index contributed by atoms with van der Waals surface area (Å²) < 4.78 is 30.5. The van der Waals surface area contributed by atoms with Gasteiger partial charge in [0.2, 0.25) is 15.9 Å². The third kappa shape index (κ3) is 8.23. The minimum absolute atomic E-state index is 0.0145. The Morgan fingerprint density at radius 1 is 1.18 bits per heavy atom. The van der Waals surface area contributed by atoms with Crippen molar-refractivity contribution >= 4 is 62.7 Å². The molecule has 0 spiro atoms. The number of hydrogen-bond donors (Lipinski definition) is 5. The van der Waals surface area contributed by atoms with Crippen LogP contribution >= 0.6 is 12.6 Å². The van der Waals surface area contributed by atoms with Crippen LogP contribution in [-0.2, 0) is 35.8 Å². The highest BCUT2D eigenvalue weighted by atomic mass is 32.2. The summed E-state index contributed by atoms with van der Waals surface area (Å²) in [6.07, 6.45) is 0.930. The van der Waals surface area contributed by atoms with E-state index in [1.807, 2.05) is 0 Å². The Bertz CT molecular complexity index is 1410. The fourth-order valence-corrected chi connectivity index (χ4v) is 4.86. The SMILES string of the molecule is CS(=O)(=O)Nc1cc(NC(=O)[C@@H]2C[C@@H](C(C(=O)S)C(=O)OCc3ccc([N+](=O)[O-])cc3)CN2)cc(C(=O)O)c1. The van der Waals surface area contributed by atoms with Gasteiger partial charge in [-0.1, -0.05) is 0 Å². The number of ether oxygens (including phenoxy) is 1. The van der Waals surface area contributed by atoms with E-state index < -0.39 is 55.8 Å². The van der Waals surface area contributed by atoms with Crippen LogP contribution in [0, 0.1) is 22.0 Å². The third-order valence-electron chi connectivity index (χ3n) is 5.75. The van der Waals surface area contributed by atoms with Gasteiger partial charge in [-0.25, -0.2) is 13.2 Å². The Morgan fingerprint density at radius 3 is 2.38 bits per heavy atom. The van der Waals surface area contributed by atoms with Gasteiger partial charge >= 0.3 is 11.9 Å². The first-order chi connectivity index (χ1) is 18.2. The normalized spacial score (nSPS) is 17.6. The zero-order valence-corrected chi connectivity index (χ0v) is 22.0. The summed E-state index contributed by atoms with van der Waals surface area (Å²) in [7, 11) is -3.72. The standard InChI is InChI=1S/C23H24N4O10S2/c1-39(35,36)26-16-7-13(21(29)30)6-15(9-16)25-20(28)18-8-14(10-24-18)19(23(32)38)22(31)37-11-12-2-4-17(5-3-12)27(33)34/h2-7,9,14,18-19,24,26H,8,10-11H2,1H3,(H,25,28)(H,29,30)(H,32,38)/t14-,18+,19?/m1/s1. The summed E-state index contributed by atoms with van der Waals surface area (Å²) in [5.41, 5.74) is 0.0108. The number of anilines is 2. The first kappa shape index (κ1) is 29.5. The van der Waals surface area contributed by atoms with Crippen molar-refractivity contribution in [1.29, 1.82) is 0 Å². The van der Waals surface area contributed by atoms with E-state index in [1.54, 1.807) is 0 Å². The van der Waals surface area contributed by atoms with Crippen molar-refractivity contribution in [2.24, 2.45) is 11.8 Å². The van der Waals surface area contributed by atoms with Crippen LogP contribution in [0.1, 0.15) is 22.3 Å². The fraction of sp³-hybridized carbons (Fsp3) is 0.304. The maximum atomic E-state index is 12.9. The number of nitrogens with one attached hydrogen (secondary N) is 3. The average molecular weight is 581 g/mol. The second kappa shape index (κ2) is 12.2. The van der Waals surface area contributed by atoms with Crippen molar-refractivity contribution in [1.82, 2.24) is 5.32 Å². The van der Waals surface area contributed by atoms with E-state index >= 15 is 0 Å². The van der Waals surface area contributed by atoms with Gasteiger partial charge < -0.3 is 20.5 Å². The van der Waals surface area contributed by atoms with Crippen molar-refractivity contribution in [3.05, 3.63) is 63.7 Å². The fourth-order valence-electron chi connectivity index (χ4n) is 4.00. The lowest BCUT2D eigenvalue weighted by molar-refractivity contribution is -0.384. The lowest BCUT2D eigenvalue weighted by Gasteiger charge is -2.18. The Balaban J connectivity index is 1.65. The predicted octanol–water partition coefficient (Wildman–Crippen LogP) is 1.40. The predicted molar refractivity (Wildman–Crippen MR) is 141 cm³/mol. The molecule has 0 saturated carbocycles. The smallest absolute Gasteiger partial charge is 0.335 e. The summed E-state index contributed by atoms with van der Waals surface area (Å²) >= 11 is 3.81. The molecule has 2 aromatic carbocycles. The van der Waals surface area contributed by atoms with E-state index in [0.29, 0.717) is 5.56 Å². The van der Waals surface area contributed by atoms with E-state index in [1.165, 1.54) is 30.3 Å².